The van der Waals surface area contributed by atoms with E-state index in [0.717, 1.165) is 6.07 Å². The molecule has 19 heavy (non-hydrogen) atoms. The lowest BCUT2D eigenvalue weighted by atomic mass is 10.2. The summed E-state index contributed by atoms with van der Waals surface area (Å²) in [7, 11) is 1.49. The molecule has 0 heterocycles. The molecule has 2 aromatic carbocycles. The molecular formula is C14H13F2NO2. The molecule has 3 nitrogen and oxygen atoms in total. The summed E-state index contributed by atoms with van der Waals surface area (Å²) >= 11 is 0. The van der Waals surface area contributed by atoms with E-state index in [2.05, 4.69) is 0 Å². The first-order chi connectivity index (χ1) is 9.08. The van der Waals surface area contributed by atoms with Crippen LogP contribution in [0.2, 0.25) is 0 Å². The van der Waals surface area contributed by atoms with Gasteiger partial charge in [0.2, 0.25) is 0 Å². The number of halogens is 2. The fourth-order valence-corrected chi connectivity index (χ4v) is 1.66. The number of hydrogen-bond acceptors (Lipinski definition) is 3. The van der Waals surface area contributed by atoms with E-state index < -0.39 is 11.6 Å². The van der Waals surface area contributed by atoms with Crippen molar-refractivity contribution < 1.29 is 18.3 Å². The smallest absolute Gasteiger partial charge is 0.162 e. The van der Waals surface area contributed by atoms with Crippen LogP contribution in [0.1, 0.15) is 5.56 Å². The van der Waals surface area contributed by atoms with E-state index in [-0.39, 0.29) is 6.61 Å². The molecule has 0 spiro atoms. The zero-order valence-corrected chi connectivity index (χ0v) is 10.3. The number of benzene rings is 2. The van der Waals surface area contributed by atoms with Gasteiger partial charge in [-0.2, -0.15) is 0 Å². The van der Waals surface area contributed by atoms with Crippen LogP contribution in [-0.2, 0) is 6.61 Å². The van der Waals surface area contributed by atoms with Crippen LogP contribution in [0, 0.1) is 11.6 Å². The van der Waals surface area contributed by atoms with Crippen LogP contribution in [0.4, 0.5) is 14.5 Å². The summed E-state index contributed by atoms with van der Waals surface area (Å²) in [5.74, 6) is -0.344. The second-order valence-electron chi connectivity index (χ2n) is 3.98. The Kier molecular flexibility index (Phi) is 3.85. The summed E-state index contributed by atoms with van der Waals surface area (Å²) in [6.45, 7) is 0.0367. The molecule has 0 saturated heterocycles. The Bertz CT molecular complexity index is 567. The molecule has 2 aromatic rings. The van der Waals surface area contributed by atoms with Crippen LogP contribution in [0.5, 0.6) is 11.5 Å². The zero-order valence-electron chi connectivity index (χ0n) is 10.3. The summed E-state index contributed by atoms with van der Waals surface area (Å²) in [5.41, 5.74) is 6.56. The average molecular weight is 265 g/mol. The van der Waals surface area contributed by atoms with Crippen molar-refractivity contribution in [2.45, 2.75) is 6.61 Å². The molecule has 0 aliphatic carbocycles. The van der Waals surface area contributed by atoms with Gasteiger partial charge in [-0.1, -0.05) is 0 Å². The molecule has 0 atom stereocenters. The third kappa shape index (κ3) is 3.34. The number of ether oxygens (including phenoxy) is 2. The van der Waals surface area contributed by atoms with E-state index in [1.165, 1.54) is 19.2 Å². The lowest BCUT2D eigenvalue weighted by molar-refractivity contribution is 0.283. The summed E-state index contributed by atoms with van der Waals surface area (Å²) in [5, 5.41) is 0. The molecule has 5 heteroatoms. The van der Waals surface area contributed by atoms with E-state index in [0.29, 0.717) is 22.7 Å². The first-order valence-electron chi connectivity index (χ1n) is 5.60. The van der Waals surface area contributed by atoms with E-state index >= 15 is 0 Å². The standard InChI is InChI=1S/C14H13F2NO2/c1-18-14-7-12(17)2-3-13(14)19-8-9-4-10(15)6-11(16)5-9/h2-7H,8,17H2,1H3. The summed E-state index contributed by atoms with van der Waals surface area (Å²) in [6, 6.07) is 8.16. The number of nitrogens with two attached hydrogens (primary N) is 1. The van der Waals surface area contributed by atoms with Crippen LogP contribution in [0.15, 0.2) is 36.4 Å². The third-order valence-electron chi connectivity index (χ3n) is 2.50. The number of rotatable bonds is 4. The Hall–Kier alpha value is -2.30. The van der Waals surface area contributed by atoms with Crippen molar-refractivity contribution in [1.29, 1.82) is 0 Å². The maximum Gasteiger partial charge on any atom is 0.162 e. The normalized spacial score (nSPS) is 10.3. The van der Waals surface area contributed by atoms with Crippen molar-refractivity contribution in [3.8, 4) is 11.5 Å². The van der Waals surface area contributed by atoms with E-state index in [1.807, 2.05) is 0 Å². The molecule has 0 radical (unpaired) electrons. The van der Waals surface area contributed by atoms with Gasteiger partial charge in [-0.15, -0.1) is 0 Å². The molecule has 0 unspecified atom stereocenters. The molecule has 0 amide bonds. The molecule has 0 aromatic heterocycles. The van der Waals surface area contributed by atoms with Gasteiger partial charge in [0.1, 0.15) is 18.2 Å². The van der Waals surface area contributed by atoms with Crippen molar-refractivity contribution in [2.75, 3.05) is 12.8 Å². The second-order valence-corrected chi connectivity index (χ2v) is 3.98. The minimum atomic E-state index is -0.636. The topological polar surface area (TPSA) is 44.5 Å². The zero-order chi connectivity index (χ0) is 13.8. The van der Waals surface area contributed by atoms with Gasteiger partial charge in [0, 0.05) is 17.8 Å². The highest BCUT2D eigenvalue weighted by Gasteiger charge is 2.06. The predicted octanol–water partition coefficient (Wildman–Crippen LogP) is 3.13. The van der Waals surface area contributed by atoms with E-state index in [1.54, 1.807) is 18.2 Å². The molecule has 0 bridgehead atoms. The minimum absolute atomic E-state index is 0.0367. The molecule has 100 valence electrons. The van der Waals surface area contributed by atoms with Crippen molar-refractivity contribution in [1.82, 2.24) is 0 Å². The number of anilines is 1. The highest BCUT2D eigenvalue weighted by molar-refractivity contribution is 5.51. The molecular weight excluding hydrogens is 252 g/mol. The van der Waals surface area contributed by atoms with Gasteiger partial charge in [0.05, 0.1) is 7.11 Å². The number of hydrogen-bond donors (Lipinski definition) is 1. The van der Waals surface area contributed by atoms with Crippen LogP contribution in [0.3, 0.4) is 0 Å². The van der Waals surface area contributed by atoms with Gasteiger partial charge in [-0.3, -0.25) is 0 Å². The molecule has 2 N–H and O–H groups in total. The first kappa shape index (κ1) is 13.1. The number of nitrogen functional groups attached to an aromatic ring is 1. The van der Waals surface area contributed by atoms with Crippen molar-refractivity contribution in [2.24, 2.45) is 0 Å². The molecule has 0 aliphatic heterocycles. The Morgan fingerprint density at radius 1 is 1.00 bits per heavy atom. The largest absolute Gasteiger partial charge is 0.493 e. The molecule has 0 aliphatic rings. The van der Waals surface area contributed by atoms with Crippen LogP contribution >= 0.6 is 0 Å². The Morgan fingerprint density at radius 2 is 1.68 bits per heavy atom. The van der Waals surface area contributed by atoms with Gasteiger partial charge >= 0.3 is 0 Å². The SMILES string of the molecule is COc1cc(N)ccc1OCc1cc(F)cc(F)c1. The summed E-state index contributed by atoms with van der Waals surface area (Å²) in [4.78, 5) is 0. The lowest BCUT2D eigenvalue weighted by Gasteiger charge is -2.11. The monoisotopic (exact) mass is 265 g/mol. The van der Waals surface area contributed by atoms with Gasteiger partial charge in [-0.05, 0) is 29.8 Å². The van der Waals surface area contributed by atoms with Crippen molar-refractivity contribution in [3.05, 3.63) is 53.6 Å². The highest BCUT2D eigenvalue weighted by atomic mass is 19.1. The molecule has 0 fully saturated rings. The van der Waals surface area contributed by atoms with Gasteiger partial charge in [0.15, 0.2) is 11.5 Å². The average Bonchev–Trinajstić information content (AvgIpc) is 2.36. The second kappa shape index (κ2) is 5.56. The van der Waals surface area contributed by atoms with Crippen molar-refractivity contribution >= 4 is 5.69 Å². The van der Waals surface area contributed by atoms with Gasteiger partial charge in [0.25, 0.3) is 0 Å². The highest BCUT2D eigenvalue weighted by Crippen LogP contribution is 2.29. The maximum absolute atomic E-state index is 13.0. The number of methoxy groups -OCH3 is 1. The fraction of sp³-hybridized carbons (Fsp3) is 0.143. The lowest BCUT2D eigenvalue weighted by Crippen LogP contribution is -1.99. The molecule has 2 rings (SSSR count). The van der Waals surface area contributed by atoms with Crippen LogP contribution in [0.25, 0.3) is 0 Å². The van der Waals surface area contributed by atoms with Crippen LogP contribution in [-0.4, -0.2) is 7.11 Å². The summed E-state index contributed by atoms with van der Waals surface area (Å²) in [6.07, 6.45) is 0. The fourth-order valence-electron chi connectivity index (χ4n) is 1.66. The predicted molar refractivity (Wildman–Crippen MR) is 68.1 cm³/mol. The first-order valence-corrected chi connectivity index (χ1v) is 5.60. The van der Waals surface area contributed by atoms with E-state index in [4.69, 9.17) is 15.2 Å². The maximum atomic E-state index is 13.0. The minimum Gasteiger partial charge on any atom is -0.493 e. The third-order valence-corrected chi connectivity index (χ3v) is 2.50. The van der Waals surface area contributed by atoms with Gasteiger partial charge < -0.3 is 15.2 Å². The Morgan fingerprint density at radius 3 is 2.32 bits per heavy atom. The van der Waals surface area contributed by atoms with Crippen molar-refractivity contribution in [3.63, 3.8) is 0 Å². The Balaban J connectivity index is 2.14. The summed E-state index contributed by atoms with van der Waals surface area (Å²) < 4.78 is 36.6. The molecule has 0 saturated carbocycles. The van der Waals surface area contributed by atoms with E-state index in [9.17, 15) is 8.78 Å². The Labute approximate surface area is 109 Å². The quantitative estimate of drug-likeness (QED) is 0.864. The van der Waals surface area contributed by atoms with Gasteiger partial charge in [-0.25, -0.2) is 8.78 Å². The van der Waals surface area contributed by atoms with Crippen LogP contribution < -0.4 is 15.2 Å².